The molecule has 4 heteroatoms. The molecule has 0 saturated heterocycles. The summed E-state index contributed by atoms with van der Waals surface area (Å²) in [6.45, 7) is 7.66. The topological polar surface area (TPSA) is 47.6 Å². The molecule has 0 bridgehead atoms. The zero-order valence-corrected chi connectivity index (χ0v) is 12.2. The van der Waals surface area contributed by atoms with Gasteiger partial charge in [-0.15, -0.1) is 0 Å². The molecule has 4 nitrogen and oxygen atoms in total. The number of carbonyl (C=O) groups is 1. The zero-order valence-electron chi connectivity index (χ0n) is 12.2. The van der Waals surface area contributed by atoms with Gasteiger partial charge in [-0.05, 0) is 38.5 Å². The Morgan fingerprint density at radius 3 is 2.42 bits per heavy atom. The van der Waals surface area contributed by atoms with E-state index in [1.807, 2.05) is 45.0 Å². The molecule has 0 unspecified atom stereocenters. The standard InChI is InChI=1S/C15H23NO3/c1-5-19-13-8-6-12(7-9-13)10-16-11-15(2,3)14(17)18-4/h6-9,16H,5,10-11H2,1-4H3. The van der Waals surface area contributed by atoms with Crippen LogP contribution in [0.5, 0.6) is 5.75 Å². The molecule has 106 valence electrons. The van der Waals surface area contributed by atoms with Crippen molar-refractivity contribution in [1.82, 2.24) is 5.32 Å². The maximum Gasteiger partial charge on any atom is 0.312 e. The summed E-state index contributed by atoms with van der Waals surface area (Å²) in [5.74, 6) is 0.674. The van der Waals surface area contributed by atoms with Gasteiger partial charge in [-0.3, -0.25) is 4.79 Å². The molecule has 0 spiro atoms. The maximum absolute atomic E-state index is 11.5. The van der Waals surface area contributed by atoms with Gasteiger partial charge in [0.15, 0.2) is 0 Å². The predicted octanol–water partition coefficient (Wildman–Crippen LogP) is 2.37. The molecule has 1 rings (SSSR count). The normalized spacial score (nSPS) is 11.2. The summed E-state index contributed by atoms with van der Waals surface area (Å²) in [4.78, 5) is 11.5. The summed E-state index contributed by atoms with van der Waals surface area (Å²) < 4.78 is 10.1. The molecule has 0 aliphatic carbocycles. The smallest absolute Gasteiger partial charge is 0.312 e. The second kappa shape index (κ2) is 7.14. The molecule has 1 aromatic carbocycles. The van der Waals surface area contributed by atoms with Crippen LogP contribution in [0.4, 0.5) is 0 Å². The van der Waals surface area contributed by atoms with Gasteiger partial charge in [0.25, 0.3) is 0 Å². The van der Waals surface area contributed by atoms with E-state index >= 15 is 0 Å². The summed E-state index contributed by atoms with van der Waals surface area (Å²) in [6.07, 6.45) is 0. The van der Waals surface area contributed by atoms with Crippen LogP contribution >= 0.6 is 0 Å². The van der Waals surface area contributed by atoms with Crippen molar-refractivity contribution in [3.05, 3.63) is 29.8 Å². The Morgan fingerprint density at radius 2 is 1.89 bits per heavy atom. The van der Waals surface area contributed by atoms with Gasteiger partial charge in [-0.1, -0.05) is 12.1 Å². The number of benzene rings is 1. The second-order valence-electron chi connectivity index (χ2n) is 5.06. The second-order valence-corrected chi connectivity index (χ2v) is 5.06. The van der Waals surface area contributed by atoms with Crippen LogP contribution in [0.15, 0.2) is 24.3 Å². The number of ether oxygens (including phenoxy) is 2. The average molecular weight is 265 g/mol. The van der Waals surface area contributed by atoms with Gasteiger partial charge in [-0.25, -0.2) is 0 Å². The lowest BCUT2D eigenvalue weighted by molar-refractivity contribution is -0.150. The Labute approximate surface area is 115 Å². The van der Waals surface area contributed by atoms with Gasteiger partial charge in [0, 0.05) is 13.1 Å². The van der Waals surface area contributed by atoms with Crippen LogP contribution in [0, 0.1) is 5.41 Å². The summed E-state index contributed by atoms with van der Waals surface area (Å²) in [6, 6.07) is 7.93. The van der Waals surface area contributed by atoms with E-state index in [9.17, 15) is 4.79 Å². The van der Waals surface area contributed by atoms with Gasteiger partial charge < -0.3 is 14.8 Å². The first kappa shape index (κ1) is 15.5. The van der Waals surface area contributed by atoms with E-state index in [-0.39, 0.29) is 5.97 Å². The van der Waals surface area contributed by atoms with Crippen LogP contribution in [-0.2, 0) is 16.1 Å². The van der Waals surface area contributed by atoms with Crippen LogP contribution in [0.3, 0.4) is 0 Å². The van der Waals surface area contributed by atoms with Crippen LogP contribution in [0.2, 0.25) is 0 Å². The van der Waals surface area contributed by atoms with Crippen molar-refractivity contribution in [2.75, 3.05) is 20.3 Å². The SMILES string of the molecule is CCOc1ccc(CNCC(C)(C)C(=O)OC)cc1. The molecule has 0 amide bonds. The minimum absolute atomic E-state index is 0.202. The minimum Gasteiger partial charge on any atom is -0.494 e. The Kier molecular flexibility index (Phi) is 5.83. The highest BCUT2D eigenvalue weighted by Gasteiger charge is 2.27. The fourth-order valence-electron chi connectivity index (χ4n) is 1.74. The summed E-state index contributed by atoms with van der Waals surface area (Å²) >= 11 is 0. The number of hydrogen-bond donors (Lipinski definition) is 1. The van der Waals surface area contributed by atoms with Crippen LogP contribution in [-0.4, -0.2) is 26.2 Å². The number of nitrogens with one attached hydrogen (secondary N) is 1. The highest BCUT2D eigenvalue weighted by Crippen LogP contribution is 2.16. The fourth-order valence-corrected chi connectivity index (χ4v) is 1.74. The van der Waals surface area contributed by atoms with Crippen molar-refractivity contribution in [3.8, 4) is 5.75 Å². The van der Waals surface area contributed by atoms with Crippen molar-refractivity contribution < 1.29 is 14.3 Å². The first-order valence-corrected chi connectivity index (χ1v) is 6.50. The highest BCUT2D eigenvalue weighted by atomic mass is 16.5. The van der Waals surface area contributed by atoms with Crippen molar-refractivity contribution in [3.63, 3.8) is 0 Å². The van der Waals surface area contributed by atoms with Gasteiger partial charge in [-0.2, -0.15) is 0 Å². The molecular formula is C15H23NO3. The molecule has 0 fully saturated rings. The average Bonchev–Trinajstić information content (AvgIpc) is 2.40. The molecule has 1 aromatic rings. The van der Waals surface area contributed by atoms with Crippen LogP contribution in [0.1, 0.15) is 26.3 Å². The first-order valence-electron chi connectivity index (χ1n) is 6.50. The van der Waals surface area contributed by atoms with Gasteiger partial charge in [0.05, 0.1) is 19.1 Å². The predicted molar refractivity (Wildman–Crippen MR) is 75.1 cm³/mol. The summed E-state index contributed by atoms with van der Waals surface area (Å²) in [5.41, 5.74) is 0.643. The molecule has 0 aliphatic heterocycles. The Bertz CT molecular complexity index is 398. The van der Waals surface area contributed by atoms with E-state index in [1.165, 1.54) is 7.11 Å². The lowest BCUT2D eigenvalue weighted by Crippen LogP contribution is -2.36. The third-order valence-electron chi connectivity index (χ3n) is 2.87. The van der Waals surface area contributed by atoms with E-state index in [0.717, 1.165) is 11.3 Å². The number of esters is 1. The van der Waals surface area contributed by atoms with Crippen LogP contribution in [0.25, 0.3) is 0 Å². The summed E-state index contributed by atoms with van der Waals surface area (Å²) in [5, 5.41) is 3.27. The fraction of sp³-hybridized carbons (Fsp3) is 0.533. The number of rotatable bonds is 7. The third-order valence-corrected chi connectivity index (χ3v) is 2.87. The monoisotopic (exact) mass is 265 g/mol. The minimum atomic E-state index is -0.514. The lowest BCUT2D eigenvalue weighted by atomic mass is 9.94. The van der Waals surface area contributed by atoms with Gasteiger partial charge >= 0.3 is 5.97 Å². The van der Waals surface area contributed by atoms with E-state index in [4.69, 9.17) is 9.47 Å². The van der Waals surface area contributed by atoms with E-state index < -0.39 is 5.41 Å². The van der Waals surface area contributed by atoms with Crippen LogP contribution < -0.4 is 10.1 Å². The molecule has 1 N–H and O–H groups in total. The Hall–Kier alpha value is -1.55. The largest absolute Gasteiger partial charge is 0.494 e. The Morgan fingerprint density at radius 1 is 1.26 bits per heavy atom. The molecule has 0 heterocycles. The number of carbonyl (C=O) groups excluding carboxylic acids is 1. The van der Waals surface area contributed by atoms with Crippen molar-refractivity contribution in [2.45, 2.75) is 27.3 Å². The first-order chi connectivity index (χ1) is 8.99. The quantitative estimate of drug-likeness (QED) is 0.769. The van der Waals surface area contributed by atoms with Gasteiger partial charge in [0.2, 0.25) is 0 Å². The van der Waals surface area contributed by atoms with E-state index in [1.54, 1.807) is 0 Å². The zero-order chi connectivity index (χ0) is 14.3. The maximum atomic E-state index is 11.5. The lowest BCUT2D eigenvalue weighted by Gasteiger charge is -2.21. The van der Waals surface area contributed by atoms with E-state index in [2.05, 4.69) is 5.32 Å². The third kappa shape index (κ3) is 4.91. The van der Waals surface area contributed by atoms with E-state index in [0.29, 0.717) is 19.7 Å². The van der Waals surface area contributed by atoms with Crippen molar-refractivity contribution in [1.29, 1.82) is 0 Å². The number of hydrogen-bond acceptors (Lipinski definition) is 4. The van der Waals surface area contributed by atoms with Gasteiger partial charge in [0.1, 0.15) is 5.75 Å². The summed E-state index contributed by atoms with van der Waals surface area (Å²) in [7, 11) is 1.41. The molecule has 0 aliphatic rings. The molecular weight excluding hydrogens is 242 g/mol. The molecule has 0 atom stereocenters. The van der Waals surface area contributed by atoms with Crippen molar-refractivity contribution in [2.24, 2.45) is 5.41 Å². The molecule has 0 radical (unpaired) electrons. The molecule has 0 aromatic heterocycles. The highest BCUT2D eigenvalue weighted by molar-refractivity contribution is 5.76. The number of methoxy groups -OCH3 is 1. The van der Waals surface area contributed by atoms with Crippen molar-refractivity contribution >= 4 is 5.97 Å². The molecule has 19 heavy (non-hydrogen) atoms. The Balaban J connectivity index is 2.42. The molecule has 0 saturated carbocycles.